The summed E-state index contributed by atoms with van der Waals surface area (Å²) in [7, 11) is 0. The third-order valence-corrected chi connectivity index (χ3v) is 3.57. The third-order valence-electron chi connectivity index (χ3n) is 3.57. The molecule has 2 aliphatic heterocycles. The first-order valence-corrected chi connectivity index (χ1v) is 8.56. The summed E-state index contributed by atoms with van der Waals surface area (Å²) >= 11 is 0. The molecule has 156 valence electrons. The summed E-state index contributed by atoms with van der Waals surface area (Å²) in [6, 6.07) is 2.79. The van der Waals surface area contributed by atoms with Crippen molar-refractivity contribution < 1.29 is 47.6 Å². The molecule has 0 aliphatic carbocycles. The molecule has 2 heterocycles. The lowest BCUT2D eigenvalue weighted by atomic mass is 10.1. The van der Waals surface area contributed by atoms with Crippen LogP contribution in [0.25, 0.3) is 12.0 Å². The van der Waals surface area contributed by atoms with Crippen molar-refractivity contribution in [3.05, 3.63) is 46.1 Å². The summed E-state index contributed by atoms with van der Waals surface area (Å²) in [4.78, 5) is 45.8. The Labute approximate surface area is 169 Å². The summed E-state index contributed by atoms with van der Waals surface area (Å²) in [5.74, 6) is -2.89. The van der Waals surface area contributed by atoms with E-state index in [1.54, 1.807) is 0 Å². The molecule has 0 N–H and O–H groups in total. The molecule has 0 unspecified atom stereocenters. The lowest BCUT2D eigenvalue weighted by molar-refractivity contribution is -0.142. The molecular weight excluding hydrogens is 400 g/mol. The van der Waals surface area contributed by atoms with Crippen LogP contribution in [0.3, 0.4) is 0 Å². The van der Waals surface area contributed by atoms with Gasteiger partial charge in [0, 0.05) is 39.0 Å². The zero-order chi connectivity index (χ0) is 22.0. The molecular formula is C20H16O10. The summed E-state index contributed by atoms with van der Waals surface area (Å²) in [5, 5.41) is 0.625. The summed E-state index contributed by atoms with van der Waals surface area (Å²) in [5.41, 5.74) is 0. The fraction of sp³-hybridized carbons (Fsp3) is 0.200. The predicted molar refractivity (Wildman–Crippen MR) is 97.0 cm³/mol. The average molecular weight is 416 g/mol. The first kappa shape index (κ1) is 20.6. The fourth-order valence-electron chi connectivity index (χ4n) is 2.71. The van der Waals surface area contributed by atoms with Crippen molar-refractivity contribution in [2.24, 2.45) is 0 Å². The van der Waals surface area contributed by atoms with Gasteiger partial charge in [-0.15, -0.1) is 0 Å². The molecule has 10 nitrogen and oxygen atoms in total. The zero-order valence-electron chi connectivity index (χ0n) is 16.4. The van der Waals surface area contributed by atoms with E-state index in [2.05, 4.69) is 0 Å². The molecule has 0 amide bonds. The molecule has 0 fully saturated rings. The maximum absolute atomic E-state index is 11.6. The standard InChI is InChI=1S/C20H16O10/c1-9(21)27-14-5-13-7-25-20-18(30-12(4)24)16(29-11(3)23)8-26-19(20)17(13)15(6-14)28-10(2)22/h5-8H,1-4H3. The minimum atomic E-state index is -0.698. The molecule has 1 aromatic rings. The second kappa shape index (κ2) is 8.11. The predicted octanol–water partition coefficient (Wildman–Crippen LogP) is 0.623. The van der Waals surface area contributed by atoms with E-state index in [0.717, 1.165) is 20.1 Å². The third kappa shape index (κ3) is 4.32. The Kier molecular flexibility index (Phi) is 5.58. The molecule has 0 spiro atoms. The van der Waals surface area contributed by atoms with Crippen LogP contribution in [0.2, 0.25) is 0 Å². The van der Waals surface area contributed by atoms with Crippen molar-refractivity contribution in [2.45, 2.75) is 27.7 Å². The van der Waals surface area contributed by atoms with E-state index in [-0.39, 0.29) is 39.8 Å². The number of carbonyl (C=O) groups is 4. The van der Waals surface area contributed by atoms with Crippen LogP contribution in [0, 0.1) is 0 Å². The van der Waals surface area contributed by atoms with E-state index in [1.165, 1.54) is 32.2 Å². The molecule has 0 aromatic heterocycles. The Morgan fingerprint density at radius 3 is 1.90 bits per heavy atom. The minimum absolute atomic E-state index is 0.00908. The molecule has 0 radical (unpaired) electrons. The Balaban J connectivity index is 2.27. The average Bonchev–Trinajstić information content (AvgIpc) is 2.61. The van der Waals surface area contributed by atoms with Gasteiger partial charge in [-0.2, -0.15) is 0 Å². The topological polar surface area (TPSA) is 124 Å². The van der Waals surface area contributed by atoms with Gasteiger partial charge >= 0.3 is 23.9 Å². The van der Waals surface area contributed by atoms with Crippen molar-refractivity contribution >= 4 is 35.9 Å². The number of hydrogen-bond donors (Lipinski definition) is 0. The van der Waals surface area contributed by atoms with E-state index in [0.29, 0.717) is 5.22 Å². The number of ether oxygens (including phenoxy) is 6. The zero-order valence-corrected chi connectivity index (χ0v) is 16.4. The van der Waals surface area contributed by atoms with Gasteiger partial charge < -0.3 is 28.4 Å². The number of carbonyl (C=O) groups excluding carboxylic acids is 4. The lowest BCUT2D eigenvalue weighted by Crippen LogP contribution is -2.35. The lowest BCUT2D eigenvalue weighted by Gasteiger charge is -2.23. The van der Waals surface area contributed by atoms with Gasteiger partial charge in [-0.1, -0.05) is 0 Å². The van der Waals surface area contributed by atoms with E-state index in [4.69, 9.17) is 28.4 Å². The molecule has 0 bridgehead atoms. The van der Waals surface area contributed by atoms with Crippen LogP contribution < -0.4 is 19.9 Å². The van der Waals surface area contributed by atoms with Crippen molar-refractivity contribution in [3.63, 3.8) is 0 Å². The van der Waals surface area contributed by atoms with Crippen LogP contribution in [0.1, 0.15) is 27.7 Å². The molecule has 3 rings (SSSR count). The molecule has 2 aliphatic rings. The Hall–Kier alpha value is -4.08. The maximum atomic E-state index is 11.6. The van der Waals surface area contributed by atoms with Gasteiger partial charge in [-0.05, 0) is 6.07 Å². The van der Waals surface area contributed by atoms with Gasteiger partial charge in [-0.25, -0.2) is 0 Å². The van der Waals surface area contributed by atoms with Crippen LogP contribution in [0.4, 0.5) is 0 Å². The smallest absolute Gasteiger partial charge is 0.308 e. The van der Waals surface area contributed by atoms with Crippen molar-refractivity contribution in [2.75, 3.05) is 0 Å². The Morgan fingerprint density at radius 2 is 1.30 bits per heavy atom. The van der Waals surface area contributed by atoms with Gasteiger partial charge in [0.1, 0.15) is 17.8 Å². The van der Waals surface area contributed by atoms with Gasteiger partial charge in [-0.3, -0.25) is 19.2 Å². The van der Waals surface area contributed by atoms with Gasteiger partial charge in [0.2, 0.25) is 17.3 Å². The van der Waals surface area contributed by atoms with Crippen LogP contribution in [-0.2, 0) is 38.1 Å². The molecule has 30 heavy (non-hydrogen) atoms. The Bertz CT molecular complexity index is 1150. The van der Waals surface area contributed by atoms with Crippen molar-refractivity contribution in [1.82, 2.24) is 0 Å². The normalized spacial score (nSPS) is 14.0. The summed E-state index contributed by atoms with van der Waals surface area (Å²) < 4.78 is 31.6. The highest BCUT2D eigenvalue weighted by atomic mass is 16.6. The second-order valence-electron chi connectivity index (χ2n) is 6.08. The van der Waals surface area contributed by atoms with Gasteiger partial charge in [0.05, 0.1) is 11.5 Å². The molecule has 0 saturated heterocycles. The van der Waals surface area contributed by atoms with Crippen molar-refractivity contribution in [1.29, 1.82) is 0 Å². The van der Waals surface area contributed by atoms with Gasteiger partial charge in [0.15, 0.2) is 5.76 Å². The monoisotopic (exact) mass is 416 g/mol. The van der Waals surface area contributed by atoms with E-state index in [1.807, 2.05) is 0 Å². The second-order valence-corrected chi connectivity index (χ2v) is 6.08. The van der Waals surface area contributed by atoms with E-state index >= 15 is 0 Å². The molecule has 0 atom stereocenters. The quantitative estimate of drug-likeness (QED) is 0.510. The van der Waals surface area contributed by atoms with E-state index < -0.39 is 23.9 Å². The Morgan fingerprint density at radius 1 is 0.700 bits per heavy atom. The number of hydrogen-bond acceptors (Lipinski definition) is 10. The summed E-state index contributed by atoms with van der Waals surface area (Å²) in [6.45, 7) is 4.73. The van der Waals surface area contributed by atoms with Crippen LogP contribution in [0.15, 0.2) is 35.7 Å². The van der Waals surface area contributed by atoms with Gasteiger partial charge in [0.25, 0.3) is 0 Å². The number of fused-ring (bicyclic) bond motifs is 2. The SMILES string of the molecule is CC(=O)OC1=COC2=c3c(OC(C)=O)cc(OC(C)=O)cc3=COC2=C1OC(C)=O. The number of benzene rings is 1. The van der Waals surface area contributed by atoms with E-state index in [9.17, 15) is 19.2 Å². The van der Waals surface area contributed by atoms with Crippen LogP contribution in [0.5, 0.6) is 11.5 Å². The maximum Gasteiger partial charge on any atom is 0.308 e. The highest BCUT2D eigenvalue weighted by Crippen LogP contribution is 2.33. The highest BCUT2D eigenvalue weighted by molar-refractivity contribution is 5.76. The highest BCUT2D eigenvalue weighted by Gasteiger charge is 2.32. The fourth-order valence-corrected chi connectivity index (χ4v) is 2.71. The molecule has 10 heteroatoms. The molecule has 1 aromatic carbocycles. The number of esters is 4. The first-order chi connectivity index (χ1) is 14.2. The number of rotatable bonds is 4. The van der Waals surface area contributed by atoms with Crippen molar-refractivity contribution in [3.8, 4) is 11.5 Å². The largest absolute Gasteiger partial charge is 0.456 e. The first-order valence-electron chi connectivity index (χ1n) is 8.56. The van der Waals surface area contributed by atoms with Crippen LogP contribution in [-0.4, -0.2) is 23.9 Å². The minimum Gasteiger partial charge on any atom is -0.456 e. The molecule has 0 saturated carbocycles. The van der Waals surface area contributed by atoms with Crippen LogP contribution >= 0.6 is 0 Å². The summed E-state index contributed by atoms with van der Waals surface area (Å²) in [6.07, 6.45) is 2.30.